The molecule has 4 heterocycles. The van der Waals surface area contributed by atoms with Crippen molar-refractivity contribution < 1.29 is 23.9 Å². The van der Waals surface area contributed by atoms with Gasteiger partial charge in [0.25, 0.3) is 0 Å². The number of carbonyl (C=O) groups is 3. The van der Waals surface area contributed by atoms with E-state index in [0.717, 1.165) is 72.2 Å². The van der Waals surface area contributed by atoms with Crippen molar-refractivity contribution in [3.05, 3.63) is 101 Å². The van der Waals surface area contributed by atoms with Crippen molar-refractivity contribution in [2.24, 2.45) is 11.8 Å². The summed E-state index contributed by atoms with van der Waals surface area (Å²) in [6.45, 7) is 9.30. The third-order valence-electron chi connectivity index (χ3n) is 9.60. The summed E-state index contributed by atoms with van der Waals surface area (Å²) in [5.74, 6) is -0.139. The quantitative estimate of drug-likeness (QED) is 0.0594. The van der Waals surface area contributed by atoms with Gasteiger partial charge in [-0.05, 0) is 60.6 Å². The Balaban J connectivity index is 0.000000202. The highest BCUT2D eigenvalue weighted by atomic mass is 16.5. The van der Waals surface area contributed by atoms with E-state index in [1.165, 1.54) is 12.8 Å². The summed E-state index contributed by atoms with van der Waals surface area (Å²) in [5, 5.41) is 18.0. The fraction of sp³-hybridized carbons (Fsp3) is 0.386. The van der Waals surface area contributed by atoms with Crippen molar-refractivity contribution >= 4 is 23.3 Å². The van der Waals surface area contributed by atoms with E-state index in [-0.39, 0.29) is 17.8 Å². The first kappa shape index (κ1) is 41.7. The Hall–Kier alpha value is -6.07. The van der Waals surface area contributed by atoms with Gasteiger partial charge in [0.05, 0.1) is 30.7 Å². The molecule has 6 rings (SSSR count). The molecule has 2 unspecified atom stereocenters. The fourth-order valence-corrected chi connectivity index (χ4v) is 6.36. The monoisotopic (exact) mass is 740 g/mol. The van der Waals surface area contributed by atoms with Gasteiger partial charge < -0.3 is 9.47 Å². The molecule has 55 heavy (non-hydrogen) atoms. The lowest BCUT2D eigenvalue weighted by Gasteiger charge is -2.15. The lowest BCUT2D eigenvalue weighted by molar-refractivity contribution is -0.144. The molecule has 0 aliphatic heterocycles. The van der Waals surface area contributed by atoms with Crippen molar-refractivity contribution in [2.45, 2.75) is 85.5 Å². The van der Waals surface area contributed by atoms with Crippen molar-refractivity contribution in [1.82, 2.24) is 19.9 Å². The molecule has 11 nitrogen and oxygen atoms in total. The predicted octanol–water partition coefficient (Wildman–Crippen LogP) is 8.89. The third kappa shape index (κ3) is 10.8. The van der Waals surface area contributed by atoms with Crippen molar-refractivity contribution in [1.29, 1.82) is 10.5 Å². The molecule has 11 heteroatoms. The predicted molar refractivity (Wildman–Crippen MR) is 209 cm³/mol. The highest BCUT2D eigenvalue weighted by molar-refractivity contribution is 6.20. The van der Waals surface area contributed by atoms with Gasteiger partial charge in [-0.1, -0.05) is 72.3 Å². The van der Waals surface area contributed by atoms with Gasteiger partial charge in [0.1, 0.15) is 18.1 Å². The first-order valence-corrected chi connectivity index (χ1v) is 19.0. The number of unbranched alkanes of at least 4 members (excludes halogenated alkanes) is 2. The molecule has 2 atom stereocenters. The molecule has 0 fully saturated rings. The van der Waals surface area contributed by atoms with Crippen LogP contribution in [0.2, 0.25) is 0 Å². The maximum absolute atomic E-state index is 12.7. The summed E-state index contributed by atoms with van der Waals surface area (Å²) in [7, 11) is 0. The average Bonchev–Trinajstić information content (AvgIpc) is 3.71. The zero-order chi connectivity index (χ0) is 39.6. The van der Waals surface area contributed by atoms with Gasteiger partial charge in [-0.25, -0.2) is 4.79 Å². The summed E-state index contributed by atoms with van der Waals surface area (Å²) < 4.78 is 10.5. The number of ether oxygens (including phenoxy) is 2. The van der Waals surface area contributed by atoms with Crippen LogP contribution in [0.1, 0.15) is 113 Å². The Kier molecular flexibility index (Phi) is 16.4. The smallest absolute Gasteiger partial charge is 0.349 e. The van der Waals surface area contributed by atoms with Crippen LogP contribution in [-0.2, 0) is 19.1 Å². The van der Waals surface area contributed by atoms with Crippen molar-refractivity contribution in [3.8, 4) is 34.7 Å². The van der Waals surface area contributed by atoms with Gasteiger partial charge in [-0.2, -0.15) is 10.5 Å². The second-order valence-electron chi connectivity index (χ2n) is 13.3. The second kappa shape index (κ2) is 21.6. The van der Waals surface area contributed by atoms with E-state index in [2.05, 4.69) is 53.7 Å². The van der Waals surface area contributed by atoms with E-state index in [1.807, 2.05) is 12.1 Å². The Labute approximate surface area is 323 Å². The summed E-state index contributed by atoms with van der Waals surface area (Å²) in [6.07, 6.45) is 18.6. The van der Waals surface area contributed by atoms with Crippen LogP contribution in [0.3, 0.4) is 0 Å². The first-order chi connectivity index (χ1) is 26.8. The minimum Gasteiger partial charge on any atom is -0.465 e. The van der Waals surface area contributed by atoms with Gasteiger partial charge in [0, 0.05) is 70.6 Å². The Morgan fingerprint density at radius 1 is 0.691 bits per heavy atom. The summed E-state index contributed by atoms with van der Waals surface area (Å²) in [5.41, 5.74) is 6.72. The second-order valence-corrected chi connectivity index (χ2v) is 13.3. The molecule has 0 saturated heterocycles. The molecular weight excluding hydrogens is 693 g/mol. The number of ketones is 1. The van der Waals surface area contributed by atoms with E-state index < -0.39 is 11.9 Å². The molecule has 2 aliphatic carbocycles. The summed E-state index contributed by atoms with van der Waals surface area (Å²) in [4.78, 5) is 52.2. The van der Waals surface area contributed by atoms with Gasteiger partial charge >= 0.3 is 11.9 Å². The summed E-state index contributed by atoms with van der Waals surface area (Å²) >= 11 is 0. The first-order valence-electron chi connectivity index (χ1n) is 19.0. The van der Waals surface area contributed by atoms with Gasteiger partial charge in [0.2, 0.25) is 0 Å². The number of pyridine rings is 4. The zero-order valence-electron chi connectivity index (χ0n) is 32.1. The minimum atomic E-state index is -0.568. The van der Waals surface area contributed by atoms with Crippen molar-refractivity contribution in [2.75, 3.05) is 13.2 Å². The van der Waals surface area contributed by atoms with Gasteiger partial charge in [0.15, 0.2) is 5.78 Å². The van der Waals surface area contributed by atoms with Crippen LogP contribution >= 0.6 is 0 Å². The van der Waals surface area contributed by atoms with Crippen molar-refractivity contribution in [3.63, 3.8) is 0 Å². The van der Waals surface area contributed by atoms with E-state index >= 15 is 0 Å². The largest absolute Gasteiger partial charge is 0.465 e. The zero-order valence-corrected chi connectivity index (χ0v) is 32.1. The lowest BCUT2D eigenvalue weighted by Crippen LogP contribution is -2.16. The average molecular weight is 741 g/mol. The van der Waals surface area contributed by atoms with Crippen LogP contribution < -0.4 is 0 Å². The number of esters is 2. The molecular formula is C44H48N6O5. The fourth-order valence-electron chi connectivity index (χ4n) is 6.36. The molecule has 0 bridgehead atoms. The summed E-state index contributed by atoms with van der Waals surface area (Å²) in [6, 6.07) is 14.6. The van der Waals surface area contributed by atoms with Crippen LogP contribution in [0, 0.1) is 34.5 Å². The third-order valence-corrected chi connectivity index (χ3v) is 9.60. The number of nitriles is 2. The number of fused-ring (bicyclic) bond motifs is 6. The number of aromatic nitrogens is 4. The topological polar surface area (TPSA) is 169 Å². The number of nitrogens with zero attached hydrogens (tertiary/aromatic N) is 6. The molecule has 0 spiro atoms. The van der Waals surface area contributed by atoms with Crippen LogP contribution in [0.5, 0.6) is 0 Å². The number of hydrogen-bond acceptors (Lipinski definition) is 11. The standard InChI is InChI=1S/C22H23N3O2.C11H6N2O.C11H19NO2/c1-3-5-7-15(4-2)14-27-22(26)18(12-23)20-16-9-11-24-13-19(16)21-17(20)8-6-10-25-21;14-11-7-3-5-12-6-9(7)10-8(11)2-1-4-13-10;1-3-5-6-10(4-2)9-14-11(13)7-8-12/h6,8-11,13,15H,3-5,7,14H2,1-2H3;1-6H;10H,3-7,9H2,1-2H3/b20-18-;;. The molecule has 4 aromatic heterocycles. The van der Waals surface area contributed by atoms with E-state index in [9.17, 15) is 19.6 Å². The molecule has 4 aromatic rings. The molecule has 0 saturated carbocycles. The number of hydrogen-bond donors (Lipinski definition) is 0. The normalized spacial score (nSPS) is 13.4. The van der Waals surface area contributed by atoms with E-state index in [0.29, 0.717) is 41.7 Å². The molecule has 0 aromatic carbocycles. The van der Waals surface area contributed by atoms with Crippen LogP contribution in [0.4, 0.5) is 0 Å². The number of carbonyl (C=O) groups excluding carboxylic acids is 3. The van der Waals surface area contributed by atoms with Crippen LogP contribution in [0.15, 0.2) is 79.2 Å². The highest BCUT2D eigenvalue weighted by Crippen LogP contribution is 2.44. The Morgan fingerprint density at radius 3 is 1.80 bits per heavy atom. The minimum absolute atomic E-state index is 0.0274. The van der Waals surface area contributed by atoms with E-state index in [1.54, 1.807) is 67.5 Å². The Morgan fingerprint density at radius 2 is 1.24 bits per heavy atom. The van der Waals surface area contributed by atoms with Crippen LogP contribution in [-0.4, -0.2) is 50.9 Å². The SMILES string of the molecule is CCCCC(CC)COC(=O)/C(C#N)=C1/c2ccncc2-c2ncccc21.CCCCC(CC)COC(=O)CC#N.O=C1c2ccncc2-c2ncccc21. The highest BCUT2D eigenvalue weighted by Gasteiger charge is 2.31. The van der Waals surface area contributed by atoms with Gasteiger partial charge in [-0.3, -0.25) is 29.5 Å². The molecule has 0 amide bonds. The molecule has 0 radical (unpaired) electrons. The Bertz CT molecular complexity index is 1970. The van der Waals surface area contributed by atoms with E-state index in [4.69, 9.17) is 14.7 Å². The molecule has 284 valence electrons. The lowest BCUT2D eigenvalue weighted by atomic mass is 9.99. The number of rotatable bonds is 14. The maximum Gasteiger partial charge on any atom is 0.349 e. The van der Waals surface area contributed by atoms with Gasteiger partial charge in [-0.15, -0.1) is 0 Å². The van der Waals surface area contributed by atoms with Crippen LogP contribution in [0.25, 0.3) is 28.1 Å². The molecule has 0 N–H and O–H groups in total. The maximum atomic E-state index is 12.7. The molecule has 2 aliphatic rings.